The van der Waals surface area contributed by atoms with Crippen LogP contribution in [0.3, 0.4) is 0 Å². The Balaban J connectivity index is 1.56. The Morgan fingerprint density at radius 1 is 1.33 bits per heavy atom. The Hall–Kier alpha value is -1.92. The minimum absolute atomic E-state index is 0.255. The fraction of sp³-hybridized carbons (Fsp3) is 0.714. The predicted molar refractivity (Wildman–Crippen MR) is 73.4 cm³/mol. The van der Waals surface area contributed by atoms with Crippen LogP contribution >= 0.6 is 0 Å². The molecule has 1 unspecified atom stereocenters. The van der Waals surface area contributed by atoms with Crippen LogP contribution in [0, 0.1) is 5.92 Å². The van der Waals surface area contributed by atoms with E-state index in [1.807, 2.05) is 0 Å². The van der Waals surface area contributed by atoms with E-state index in [0.29, 0.717) is 18.9 Å². The highest BCUT2D eigenvalue weighted by molar-refractivity contribution is 5.95. The largest absolute Gasteiger partial charge is 0.464 e. The number of ether oxygens (including phenoxy) is 1. The van der Waals surface area contributed by atoms with E-state index in [2.05, 4.69) is 15.6 Å². The van der Waals surface area contributed by atoms with Crippen molar-refractivity contribution in [2.45, 2.75) is 51.1 Å². The lowest BCUT2D eigenvalue weighted by Crippen LogP contribution is -2.38. The number of aromatic nitrogens is 3. The molecule has 2 heterocycles. The lowest BCUT2D eigenvalue weighted by molar-refractivity contribution is -0.139. The Morgan fingerprint density at radius 2 is 2.14 bits per heavy atom. The molecule has 1 aliphatic heterocycles. The number of cyclic esters (lactones) is 1. The van der Waals surface area contributed by atoms with Gasteiger partial charge in [-0.1, -0.05) is 24.5 Å². The van der Waals surface area contributed by atoms with Gasteiger partial charge < -0.3 is 10.1 Å². The molecule has 7 heteroatoms. The number of nitrogens with zero attached hydrogens (tertiary/aromatic N) is 3. The van der Waals surface area contributed by atoms with Gasteiger partial charge in [0.2, 0.25) is 0 Å². The van der Waals surface area contributed by atoms with E-state index in [1.54, 1.807) is 10.9 Å². The van der Waals surface area contributed by atoms with Gasteiger partial charge in [-0.25, -0.2) is 4.79 Å². The molecule has 2 fully saturated rings. The highest BCUT2D eigenvalue weighted by Gasteiger charge is 2.29. The van der Waals surface area contributed by atoms with Crippen molar-refractivity contribution < 1.29 is 14.3 Å². The Morgan fingerprint density at radius 3 is 2.86 bits per heavy atom. The molecule has 2 aliphatic rings. The second-order valence-corrected chi connectivity index (χ2v) is 5.81. The fourth-order valence-corrected chi connectivity index (χ4v) is 2.99. The van der Waals surface area contributed by atoms with Crippen LogP contribution in [0.5, 0.6) is 0 Å². The van der Waals surface area contributed by atoms with Gasteiger partial charge in [0.15, 0.2) is 5.69 Å². The van der Waals surface area contributed by atoms with Crippen LogP contribution in [0.2, 0.25) is 0 Å². The average molecular weight is 292 g/mol. The summed E-state index contributed by atoms with van der Waals surface area (Å²) < 4.78 is 6.55. The summed E-state index contributed by atoms with van der Waals surface area (Å²) in [5, 5.41) is 10.5. The van der Waals surface area contributed by atoms with Crippen LogP contribution < -0.4 is 5.32 Å². The van der Waals surface area contributed by atoms with Crippen LogP contribution in [0.1, 0.15) is 49.0 Å². The van der Waals surface area contributed by atoms with E-state index in [-0.39, 0.29) is 17.6 Å². The van der Waals surface area contributed by atoms with Crippen LogP contribution in [0.25, 0.3) is 0 Å². The van der Waals surface area contributed by atoms with Crippen LogP contribution in [0.15, 0.2) is 6.20 Å². The molecule has 1 aliphatic carbocycles. The van der Waals surface area contributed by atoms with E-state index >= 15 is 0 Å². The maximum absolute atomic E-state index is 12.0. The third kappa shape index (κ3) is 3.40. The van der Waals surface area contributed by atoms with Crippen molar-refractivity contribution in [2.75, 3.05) is 6.61 Å². The molecule has 1 atom stereocenters. The summed E-state index contributed by atoms with van der Waals surface area (Å²) >= 11 is 0. The molecule has 7 nitrogen and oxygen atoms in total. The van der Waals surface area contributed by atoms with Gasteiger partial charge in [-0.05, 0) is 18.8 Å². The van der Waals surface area contributed by atoms with Crippen molar-refractivity contribution in [1.29, 1.82) is 0 Å². The molecule has 3 rings (SSSR count). The maximum Gasteiger partial charge on any atom is 0.328 e. The van der Waals surface area contributed by atoms with Gasteiger partial charge in [0, 0.05) is 13.0 Å². The van der Waals surface area contributed by atoms with Gasteiger partial charge in [-0.15, -0.1) is 5.10 Å². The first-order valence-electron chi connectivity index (χ1n) is 7.60. The first-order chi connectivity index (χ1) is 10.2. The minimum atomic E-state index is -0.555. The molecule has 1 saturated heterocycles. The van der Waals surface area contributed by atoms with Crippen molar-refractivity contribution in [2.24, 2.45) is 5.92 Å². The summed E-state index contributed by atoms with van der Waals surface area (Å²) in [6.07, 6.45) is 8.47. The van der Waals surface area contributed by atoms with Crippen molar-refractivity contribution in [3.63, 3.8) is 0 Å². The van der Waals surface area contributed by atoms with Crippen LogP contribution in [-0.4, -0.2) is 39.5 Å². The number of hydrogen-bond donors (Lipinski definition) is 1. The molecule has 1 N–H and O–H groups in total. The van der Waals surface area contributed by atoms with Crippen molar-refractivity contribution in [1.82, 2.24) is 20.3 Å². The van der Waals surface area contributed by atoms with E-state index in [0.717, 1.165) is 6.54 Å². The smallest absolute Gasteiger partial charge is 0.328 e. The minimum Gasteiger partial charge on any atom is -0.464 e. The summed E-state index contributed by atoms with van der Waals surface area (Å²) in [5.74, 6) is -0.118. The first kappa shape index (κ1) is 14.0. The molecular weight excluding hydrogens is 272 g/mol. The molecule has 1 saturated carbocycles. The maximum atomic E-state index is 12.0. The van der Waals surface area contributed by atoms with E-state index in [9.17, 15) is 9.59 Å². The number of carbonyl (C=O) groups excluding carboxylic acids is 2. The molecule has 0 aromatic carbocycles. The van der Waals surface area contributed by atoms with Crippen LogP contribution in [-0.2, 0) is 16.1 Å². The van der Waals surface area contributed by atoms with Crippen LogP contribution in [0.4, 0.5) is 0 Å². The molecule has 1 amide bonds. The molecule has 1 aromatic heterocycles. The summed E-state index contributed by atoms with van der Waals surface area (Å²) in [7, 11) is 0. The third-order valence-corrected chi connectivity index (χ3v) is 4.18. The van der Waals surface area contributed by atoms with Crippen molar-refractivity contribution in [3.8, 4) is 0 Å². The summed E-state index contributed by atoms with van der Waals surface area (Å²) in [5.41, 5.74) is 0.255. The van der Waals surface area contributed by atoms with Gasteiger partial charge in [-0.2, -0.15) is 0 Å². The SMILES string of the molecule is O=C(NC1CCOC1=O)c1cn(CC2CCCCC2)nn1. The number of carbonyl (C=O) groups is 2. The monoisotopic (exact) mass is 292 g/mol. The van der Waals surface area contributed by atoms with Crippen molar-refractivity contribution in [3.05, 3.63) is 11.9 Å². The molecule has 1 aromatic rings. The number of hydrogen-bond acceptors (Lipinski definition) is 5. The van der Waals surface area contributed by atoms with E-state index in [1.165, 1.54) is 32.1 Å². The lowest BCUT2D eigenvalue weighted by atomic mass is 9.89. The fourth-order valence-electron chi connectivity index (χ4n) is 2.99. The zero-order valence-electron chi connectivity index (χ0n) is 12.0. The van der Waals surface area contributed by atoms with Gasteiger partial charge in [-0.3, -0.25) is 9.48 Å². The normalized spacial score (nSPS) is 23.0. The van der Waals surface area contributed by atoms with Gasteiger partial charge >= 0.3 is 5.97 Å². The summed E-state index contributed by atoms with van der Waals surface area (Å²) in [6.45, 7) is 1.17. The molecular formula is C14H20N4O3. The van der Waals surface area contributed by atoms with E-state index < -0.39 is 6.04 Å². The second-order valence-electron chi connectivity index (χ2n) is 5.81. The number of nitrogens with one attached hydrogen (secondary N) is 1. The van der Waals surface area contributed by atoms with E-state index in [4.69, 9.17) is 4.74 Å². The van der Waals surface area contributed by atoms with Gasteiger partial charge in [0.25, 0.3) is 5.91 Å². The Labute approximate surface area is 123 Å². The summed E-state index contributed by atoms with van der Waals surface area (Å²) in [4.78, 5) is 23.3. The standard InChI is InChI=1S/C14H20N4O3/c19-13(15-11-6-7-21-14(11)20)12-9-18(17-16-12)8-10-4-2-1-3-5-10/h9-11H,1-8H2,(H,15,19). The second kappa shape index (κ2) is 6.24. The molecule has 0 bridgehead atoms. The molecule has 114 valence electrons. The lowest BCUT2D eigenvalue weighted by Gasteiger charge is -2.20. The predicted octanol–water partition coefficient (Wildman–Crippen LogP) is 0.904. The third-order valence-electron chi connectivity index (χ3n) is 4.18. The zero-order chi connectivity index (χ0) is 14.7. The van der Waals surface area contributed by atoms with Gasteiger partial charge in [0.05, 0.1) is 12.8 Å². The van der Waals surface area contributed by atoms with Crippen molar-refractivity contribution >= 4 is 11.9 Å². The number of amides is 1. The highest BCUT2D eigenvalue weighted by Crippen LogP contribution is 2.24. The highest BCUT2D eigenvalue weighted by atomic mass is 16.5. The Kier molecular flexibility index (Phi) is 4.17. The average Bonchev–Trinajstić information content (AvgIpc) is 3.10. The quantitative estimate of drug-likeness (QED) is 0.833. The zero-order valence-corrected chi connectivity index (χ0v) is 12.0. The first-order valence-corrected chi connectivity index (χ1v) is 7.60. The number of esters is 1. The molecule has 21 heavy (non-hydrogen) atoms. The molecule has 0 spiro atoms. The Bertz CT molecular complexity index is 522. The summed E-state index contributed by atoms with van der Waals surface area (Å²) in [6, 6.07) is -0.555. The topological polar surface area (TPSA) is 86.1 Å². The van der Waals surface area contributed by atoms with Gasteiger partial charge in [0.1, 0.15) is 6.04 Å². The number of rotatable bonds is 4. The molecule has 0 radical (unpaired) electrons.